The number of halogens is 1. The second-order valence-electron chi connectivity index (χ2n) is 4.74. The summed E-state index contributed by atoms with van der Waals surface area (Å²) in [6, 6.07) is 13.4. The summed E-state index contributed by atoms with van der Waals surface area (Å²) >= 11 is 5.99. The summed E-state index contributed by atoms with van der Waals surface area (Å²) in [4.78, 5) is 12.9. The van der Waals surface area contributed by atoms with Crippen molar-refractivity contribution in [3.8, 4) is 0 Å². The predicted molar refractivity (Wildman–Crippen MR) is 91.9 cm³/mol. The van der Waals surface area contributed by atoms with E-state index in [0.29, 0.717) is 11.6 Å². The lowest BCUT2D eigenvalue weighted by Gasteiger charge is -2.08. The van der Waals surface area contributed by atoms with E-state index in [1.54, 1.807) is 18.6 Å². The summed E-state index contributed by atoms with van der Waals surface area (Å²) in [7, 11) is 0. The average molecular weight is 311 g/mol. The van der Waals surface area contributed by atoms with E-state index in [-0.39, 0.29) is 0 Å². The fourth-order valence-corrected chi connectivity index (χ4v) is 2.31. The van der Waals surface area contributed by atoms with Gasteiger partial charge in [0.25, 0.3) is 0 Å². The van der Waals surface area contributed by atoms with Crippen LogP contribution in [0.3, 0.4) is 0 Å². The van der Waals surface area contributed by atoms with Gasteiger partial charge >= 0.3 is 0 Å². The molecule has 0 bridgehead atoms. The van der Waals surface area contributed by atoms with Gasteiger partial charge in [-0.25, -0.2) is 0 Å². The highest BCUT2D eigenvalue weighted by molar-refractivity contribution is 6.31. The van der Waals surface area contributed by atoms with Gasteiger partial charge < -0.3 is 5.32 Å². The lowest BCUT2D eigenvalue weighted by atomic mass is 10.2. The van der Waals surface area contributed by atoms with Crippen molar-refractivity contribution in [2.75, 3.05) is 18.4 Å². The fraction of sp³-hybridized carbons (Fsp3) is 0.118. The van der Waals surface area contributed by atoms with Gasteiger partial charge in [0, 0.05) is 41.2 Å². The van der Waals surface area contributed by atoms with Gasteiger partial charge in [-0.2, -0.15) is 0 Å². The topological polar surface area (TPSA) is 50.2 Å². The molecule has 1 aromatic carbocycles. The van der Waals surface area contributed by atoms with Crippen LogP contribution in [-0.4, -0.2) is 29.3 Å². The normalized spacial score (nSPS) is 11.1. The molecule has 0 radical (unpaired) electrons. The van der Waals surface area contributed by atoms with E-state index in [0.717, 1.165) is 28.8 Å². The summed E-state index contributed by atoms with van der Waals surface area (Å²) < 4.78 is 0. The van der Waals surface area contributed by atoms with Crippen molar-refractivity contribution in [2.24, 2.45) is 4.99 Å². The molecule has 0 atom stereocenters. The number of aromatic nitrogens is 2. The molecule has 3 aromatic rings. The van der Waals surface area contributed by atoms with Crippen LogP contribution in [0.25, 0.3) is 10.9 Å². The molecule has 5 heteroatoms. The van der Waals surface area contributed by atoms with Crippen molar-refractivity contribution in [3.05, 3.63) is 65.6 Å². The third-order valence-electron chi connectivity index (χ3n) is 3.17. The molecule has 0 aliphatic heterocycles. The number of nitrogens with zero attached hydrogens (tertiary/aromatic N) is 3. The minimum absolute atomic E-state index is 0.675. The molecule has 22 heavy (non-hydrogen) atoms. The second-order valence-corrected chi connectivity index (χ2v) is 5.17. The minimum atomic E-state index is 0.675. The summed E-state index contributed by atoms with van der Waals surface area (Å²) in [5, 5.41) is 5.12. The number of pyridine rings is 2. The van der Waals surface area contributed by atoms with Crippen LogP contribution in [0, 0.1) is 0 Å². The second kappa shape index (κ2) is 7.00. The third-order valence-corrected chi connectivity index (χ3v) is 3.41. The molecule has 0 fully saturated rings. The first-order valence-electron chi connectivity index (χ1n) is 7.02. The van der Waals surface area contributed by atoms with Gasteiger partial charge in [0.1, 0.15) is 0 Å². The SMILES string of the molecule is Clc1ccc2c(NCCN=Cc3ccccn3)ccnc2c1. The summed E-state index contributed by atoms with van der Waals surface area (Å²) in [6.45, 7) is 1.42. The first-order chi connectivity index (χ1) is 10.8. The number of anilines is 1. The first kappa shape index (κ1) is 14.5. The number of rotatable bonds is 5. The van der Waals surface area contributed by atoms with E-state index in [4.69, 9.17) is 11.6 Å². The van der Waals surface area contributed by atoms with E-state index in [2.05, 4.69) is 20.3 Å². The standard InChI is InChI=1S/C17H15ClN4/c18-13-4-5-15-16(6-8-21-17(15)11-13)22-10-9-19-12-14-3-1-2-7-20-14/h1-8,11-12H,9-10H2,(H,21,22). The van der Waals surface area contributed by atoms with Gasteiger partial charge in [-0.3, -0.25) is 15.0 Å². The highest BCUT2D eigenvalue weighted by atomic mass is 35.5. The number of aliphatic imine (C=N–C) groups is 1. The molecular weight excluding hydrogens is 296 g/mol. The van der Waals surface area contributed by atoms with E-state index in [1.165, 1.54) is 0 Å². The number of hydrogen-bond acceptors (Lipinski definition) is 4. The van der Waals surface area contributed by atoms with E-state index >= 15 is 0 Å². The summed E-state index contributed by atoms with van der Waals surface area (Å²) in [5.41, 5.74) is 2.79. The third kappa shape index (κ3) is 3.59. The Hall–Kier alpha value is -2.46. The molecule has 2 heterocycles. The fourth-order valence-electron chi connectivity index (χ4n) is 2.14. The Labute approximate surface area is 133 Å². The molecule has 2 aromatic heterocycles. The van der Waals surface area contributed by atoms with E-state index in [9.17, 15) is 0 Å². The van der Waals surface area contributed by atoms with Gasteiger partial charge in [0.05, 0.1) is 17.8 Å². The zero-order valence-electron chi connectivity index (χ0n) is 11.9. The molecule has 3 rings (SSSR count). The predicted octanol–water partition coefficient (Wildman–Crippen LogP) is 3.81. The number of hydrogen-bond donors (Lipinski definition) is 1. The van der Waals surface area contributed by atoms with Gasteiger partial charge in [-0.1, -0.05) is 17.7 Å². The highest BCUT2D eigenvalue weighted by Crippen LogP contribution is 2.24. The van der Waals surface area contributed by atoms with Crippen molar-refractivity contribution < 1.29 is 0 Å². The maximum Gasteiger partial charge on any atom is 0.0807 e. The van der Waals surface area contributed by atoms with Gasteiger partial charge in [-0.15, -0.1) is 0 Å². The number of benzene rings is 1. The average Bonchev–Trinajstić information content (AvgIpc) is 2.55. The van der Waals surface area contributed by atoms with Gasteiger partial charge in [-0.05, 0) is 36.4 Å². The molecule has 4 nitrogen and oxygen atoms in total. The van der Waals surface area contributed by atoms with Crippen LogP contribution in [-0.2, 0) is 0 Å². The maximum absolute atomic E-state index is 5.99. The molecule has 0 aliphatic carbocycles. The van der Waals surface area contributed by atoms with Crippen LogP contribution in [0.2, 0.25) is 5.02 Å². The Morgan fingerprint density at radius 3 is 2.91 bits per heavy atom. The van der Waals surface area contributed by atoms with Crippen molar-refractivity contribution in [2.45, 2.75) is 0 Å². The largest absolute Gasteiger partial charge is 0.383 e. The summed E-state index contributed by atoms with van der Waals surface area (Å²) in [6.07, 6.45) is 5.32. The monoisotopic (exact) mass is 310 g/mol. The highest BCUT2D eigenvalue weighted by Gasteiger charge is 2.01. The molecule has 1 N–H and O–H groups in total. The number of fused-ring (bicyclic) bond motifs is 1. The van der Waals surface area contributed by atoms with Crippen LogP contribution in [0.15, 0.2) is 59.9 Å². The molecule has 0 amide bonds. The molecule has 0 saturated carbocycles. The van der Waals surface area contributed by atoms with Crippen LogP contribution >= 0.6 is 11.6 Å². The van der Waals surface area contributed by atoms with Crippen LogP contribution in [0.5, 0.6) is 0 Å². The minimum Gasteiger partial charge on any atom is -0.383 e. The molecule has 0 saturated heterocycles. The van der Waals surface area contributed by atoms with Crippen molar-refractivity contribution in [1.82, 2.24) is 9.97 Å². The van der Waals surface area contributed by atoms with Gasteiger partial charge in [0.15, 0.2) is 0 Å². The van der Waals surface area contributed by atoms with Crippen molar-refractivity contribution in [3.63, 3.8) is 0 Å². The lowest BCUT2D eigenvalue weighted by molar-refractivity contribution is 1.03. The summed E-state index contributed by atoms with van der Waals surface area (Å²) in [5.74, 6) is 0. The smallest absolute Gasteiger partial charge is 0.0807 e. The first-order valence-corrected chi connectivity index (χ1v) is 7.40. The van der Waals surface area contributed by atoms with Crippen LogP contribution < -0.4 is 5.32 Å². The molecule has 0 spiro atoms. The van der Waals surface area contributed by atoms with Crippen molar-refractivity contribution >= 4 is 34.4 Å². The molecular formula is C17H15ClN4. The Morgan fingerprint density at radius 1 is 1.09 bits per heavy atom. The molecule has 0 unspecified atom stereocenters. The Bertz CT molecular complexity index is 787. The Balaban J connectivity index is 1.61. The van der Waals surface area contributed by atoms with E-state index < -0.39 is 0 Å². The van der Waals surface area contributed by atoms with Gasteiger partial charge in [0.2, 0.25) is 0 Å². The Kier molecular flexibility index (Phi) is 4.61. The zero-order valence-corrected chi connectivity index (χ0v) is 12.7. The van der Waals surface area contributed by atoms with Crippen LogP contribution in [0.1, 0.15) is 5.69 Å². The van der Waals surface area contributed by atoms with Crippen LogP contribution in [0.4, 0.5) is 5.69 Å². The number of nitrogens with one attached hydrogen (secondary N) is 1. The van der Waals surface area contributed by atoms with E-state index in [1.807, 2.05) is 42.5 Å². The molecule has 110 valence electrons. The maximum atomic E-state index is 5.99. The lowest BCUT2D eigenvalue weighted by Crippen LogP contribution is -2.05. The quantitative estimate of drug-likeness (QED) is 0.576. The van der Waals surface area contributed by atoms with Crippen molar-refractivity contribution in [1.29, 1.82) is 0 Å². The Morgan fingerprint density at radius 2 is 2.05 bits per heavy atom. The molecule has 0 aliphatic rings. The zero-order chi connectivity index (χ0) is 15.2.